The number of hydrogen-bond donors (Lipinski definition) is 0. The van der Waals surface area contributed by atoms with Crippen molar-refractivity contribution in [2.24, 2.45) is 7.05 Å². The van der Waals surface area contributed by atoms with E-state index in [9.17, 15) is 4.79 Å². The molecule has 1 aromatic heterocycles. The van der Waals surface area contributed by atoms with Gasteiger partial charge in [0, 0.05) is 0 Å². The van der Waals surface area contributed by atoms with Gasteiger partial charge in [-0.05, 0) is 0 Å². The molecule has 2 rings (SSSR count). The van der Waals surface area contributed by atoms with Crippen molar-refractivity contribution in [3.8, 4) is 0 Å². The first-order valence-electron chi connectivity index (χ1n) is 4.93. The van der Waals surface area contributed by atoms with E-state index >= 15 is 0 Å². The third-order valence-electron chi connectivity index (χ3n) is 2.47. The quantitative estimate of drug-likeness (QED) is 0.287. The van der Waals surface area contributed by atoms with Crippen LogP contribution in [0, 0.1) is 0 Å². The van der Waals surface area contributed by atoms with Crippen LogP contribution in [0.3, 0.4) is 0 Å². The number of hydrogen-bond acceptors (Lipinski definition) is 3. The molecule has 0 fully saturated rings. The zero-order valence-corrected chi connectivity index (χ0v) is 11.1. The normalized spacial score (nSPS) is 17.3. The third kappa shape index (κ3) is 2.30. The number of carbonyl (C=O) groups excluding carboxylic acids is 1. The molecule has 1 aromatic rings. The van der Waals surface area contributed by atoms with Crippen LogP contribution in [0.1, 0.15) is 18.3 Å². The van der Waals surface area contributed by atoms with Crippen molar-refractivity contribution < 1.29 is 26.3 Å². The van der Waals surface area contributed by atoms with Gasteiger partial charge in [-0.1, -0.05) is 0 Å². The van der Waals surface area contributed by atoms with E-state index in [1.807, 2.05) is 14.8 Å². The molecule has 84 valence electrons. The van der Waals surface area contributed by atoms with Crippen molar-refractivity contribution in [2.75, 3.05) is 11.0 Å². The standard InChI is InChI=1S/C9H14IN4O/c1-7(15)14-6-4-9-8(3-5-10-14)11-12-13(9)2/h3-6H2,1-2H3/q-1. The molecule has 0 aliphatic carbocycles. The Bertz CT molecular complexity index is 376. The Hall–Kier alpha value is -0.660. The Balaban J connectivity index is 2.16. The summed E-state index contributed by atoms with van der Waals surface area (Å²) in [5.74, 6) is 0.210. The Morgan fingerprint density at radius 3 is 3.00 bits per heavy atom. The zero-order chi connectivity index (χ0) is 10.8. The minimum atomic E-state index is -0.147. The number of halogens is 1. The summed E-state index contributed by atoms with van der Waals surface area (Å²) in [6, 6.07) is 0. The average molecular weight is 321 g/mol. The predicted octanol–water partition coefficient (Wildman–Crippen LogP) is -3.23. The van der Waals surface area contributed by atoms with Gasteiger partial charge in [-0.15, -0.1) is 0 Å². The Morgan fingerprint density at radius 2 is 2.27 bits per heavy atom. The fraction of sp³-hybridized carbons (Fsp3) is 0.667. The van der Waals surface area contributed by atoms with Gasteiger partial charge in [-0.3, -0.25) is 0 Å². The molecule has 15 heavy (non-hydrogen) atoms. The van der Waals surface area contributed by atoms with Crippen LogP contribution >= 0.6 is 0 Å². The number of alkyl halides is 1. The van der Waals surface area contributed by atoms with E-state index in [2.05, 4.69) is 10.3 Å². The van der Waals surface area contributed by atoms with Gasteiger partial charge in [0.1, 0.15) is 0 Å². The number of fused-ring (bicyclic) bond motifs is 1. The SMILES string of the molecule is CC(=O)N1CCc2c(nnn2C)CC[I-]1. The zero-order valence-electron chi connectivity index (χ0n) is 8.90. The molecule has 0 atom stereocenters. The van der Waals surface area contributed by atoms with Crippen LogP contribution in [0.4, 0.5) is 0 Å². The number of aromatic nitrogens is 3. The maximum atomic E-state index is 11.3. The van der Waals surface area contributed by atoms with Gasteiger partial charge in [0.2, 0.25) is 0 Å². The van der Waals surface area contributed by atoms with Gasteiger partial charge in [-0.25, -0.2) is 0 Å². The second-order valence-corrected chi connectivity index (χ2v) is 6.45. The van der Waals surface area contributed by atoms with Gasteiger partial charge in [-0.2, -0.15) is 0 Å². The van der Waals surface area contributed by atoms with Crippen molar-refractivity contribution >= 4 is 5.91 Å². The summed E-state index contributed by atoms with van der Waals surface area (Å²) in [4.78, 5) is 11.3. The van der Waals surface area contributed by atoms with E-state index in [4.69, 9.17) is 0 Å². The molecule has 0 aromatic carbocycles. The van der Waals surface area contributed by atoms with Crippen LogP contribution in [0.5, 0.6) is 0 Å². The molecule has 0 spiro atoms. The molecule has 1 aliphatic heterocycles. The topological polar surface area (TPSA) is 51.0 Å². The second-order valence-electron chi connectivity index (χ2n) is 3.52. The molecule has 2 heterocycles. The summed E-state index contributed by atoms with van der Waals surface area (Å²) in [5.41, 5.74) is 2.31. The summed E-state index contributed by atoms with van der Waals surface area (Å²) >= 11 is -0.147. The number of amides is 1. The van der Waals surface area contributed by atoms with E-state index in [-0.39, 0.29) is 27.4 Å². The van der Waals surface area contributed by atoms with Crippen LogP contribution in [0.15, 0.2) is 0 Å². The molecule has 6 heteroatoms. The molecular weight excluding hydrogens is 307 g/mol. The fourth-order valence-corrected chi connectivity index (χ4v) is 4.06. The molecule has 5 nitrogen and oxygen atoms in total. The molecule has 0 saturated heterocycles. The van der Waals surface area contributed by atoms with Crippen LogP contribution in [-0.4, -0.2) is 35.0 Å². The third-order valence-corrected chi connectivity index (χ3v) is 5.48. The van der Waals surface area contributed by atoms with Crippen molar-refractivity contribution in [3.63, 3.8) is 0 Å². The van der Waals surface area contributed by atoms with E-state index in [1.54, 1.807) is 6.92 Å². The minimum absolute atomic E-state index is 0.147. The fourth-order valence-electron chi connectivity index (χ4n) is 1.66. The van der Waals surface area contributed by atoms with E-state index < -0.39 is 0 Å². The monoisotopic (exact) mass is 321 g/mol. The molecule has 1 aliphatic rings. The molecular formula is C9H14IN4O-. The number of carbonyl (C=O) groups is 1. The van der Waals surface area contributed by atoms with Crippen LogP contribution in [-0.2, 0) is 24.7 Å². The number of aryl methyl sites for hydroxylation is 2. The second kappa shape index (κ2) is 4.46. The molecule has 0 radical (unpaired) electrons. The average Bonchev–Trinajstić information content (AvgIpc) is 2.46. The van der Waals surface area contributed by atoms with Crippen molar-refractivity contribution in [3.05, 3.63) is 11.4 Å². The van der Waals surface area contributed by atoms with E-state index in [0.29, 0.717) is 0 Å². The van der Waals surface area contributed by atoms with Gasteiger partial charge in [0.15, 0.2) is 0 Å². The summed E-state index contributed by atoms with van der Waals surface area (Å²) in [6.45, 7) is 2.49. The molecule has 0 saturated carbocycles. The summed E-state index contributed by atoms with van der Waals surface area (Å²) in [6.07, 6.45) is 1.86. The van der Waals surface area contributed by atoms with Crippen molar-refractivity contribution in [2.45, 2.75) is 19.8 Å². The van der Waals surface area contributed by atoms with Crippen LogP contribution in [0.2, 0.25) is 0 Å². The van der Waals surface area contributed by atoms with E-state index in [0.717, 1.165) is 29.5 Å². The Morgan fingerprint density at radius 1 is 1.47 bits per heavy atom. The molecule has 0 unspecified atom stereocenters. The maximum absolute atomic E-state index is 11.3. The summed E-state index contributed by atoms with van der Waals surface area (Å²) in [5, 5.41) is 8.18. The first-order valence-corrected chi connectivity index (χ1v) is 7.42. The van der Waals surface area contributed by atoms with Gasteiger partial charge < -0.3 is 0 Å². The molecule has 1 amide bonds. The number of rotatable bonds is 0. The van der Waals surface area contributed by atoms with Crippen LogP contribution < -0.4 is 21.5 Å². The Kier molecular flexibility index (Phi) is 3.22. The molecule has 0 N–H and O–H groups in total. The Labute approximate surface area is 99.4 Å². The van der Waals surface area contributed by atoms with Gasteiger partial charge in [0.05, 0.1) is 0 Å². The van der Waals surface area contributed by atoms with Gasteiger partial charge >= 0.3 is 99.5 Å². The molecule has 0 bridgehead atoms. The van der Waals surface area contributed by atoms with Crippen LogP contribution in [0.25, 0.3) is 0 Å². The summed E-state index contributed by atoms with van der Waals surface area (Å²) in [7, 11) is 1.92. The first-order chi connectivity index (χ1) is 7.18. The number of nitrogens with zero attached hydrogens (tertiary/aromatic N) is 4. The van der Waals surface area contributed by atoms with Crippen molar-refractivity contribution in [1.82, 2.24) is 18.1 Å². The first kappa shape index (κ1) is 10.8. The summed E-state index contributed by atoms with van der Waals surface area (Å²) < 4.78 is 4.93. The van der Waals surface area contributed by atoms with Crippen molar-refractivity contribution in [1.29, 1.82) is 0 Å². The van der Waals surface area contributed by atoms with Gasteiger partial charge in [0.25, 0.3) is 0 Å². The predicted molar refractivity (Wildman–Crippen MR) is 50.7 cm³/mol. The van der Waals surface area contributed by atoms with E-state index in [1.165, 1.54) is 5.69 Å².